The van der Waals surface area contributed by atoms with Crippen molar-refractivity contribution >= 4 is 28.2 Å². The molecule has 0 bridgehead atoms. The second-order valence-electron chi connectivity index (χ2n) is 12.5. The normalized spacial score (nSPS) is 12.0. The molecule has 246 valence electrons. The highest BCUT2D eigenvalue weighted by molar-refractivity contribution is 6.46. The van der Waals surface area contributed by atoms with Crippen LogP contribution < -0.4 is 0 Å². The standard InChI is InChI=1S/C29H68B4N4O5/c1-7-9-20-34(30(3)39)22-14-16-24-36(32(5)41)27-29(19-13-11-12-18-26-38)28-37(33(6)42)25-17-15-23-35(31(4)40)21-10-8-2/h29,38-42H,7-28H2,1-6H3. The lowest BCUT2D eigenvalue weighted by molar-refractivity contribution is 0.233. The average Bonchev–Trinajstić information content (AvgIpc) is 2.93. The quantitative estimate of drug-likeness (QED) is 0.0630. The number of nitrogens with zero attached hydrogens (tertiary/aromatic N) is 4. The van der Waals surface area contributed by atoms with Gasteiger partial charge in [-0.15, -0.1) is 0 Å². The van der Waals surface area contributed by atoms with Gasteiger partial charge in [-0.3, -0.25) is 0 Å². The topological polar surface area (TPSA) is 114 Å². The fraction of sp³-hybridized carbons (Fsp3) is 1.00. The Morgan fingerprint density at radius 2 is 0.786 bits per heavy atom. The zero-order valence-electron chi connectivity index (χ0n) is 28.5. The molecule has 0 aliphatic heterocycles. The molecule has 0 aliphatic carbocycles. The molecule has 42 heavy (non-hydrogen) atoms. The number of aliphatic hydroxyl groups excluding tert-OH is 1. The molecule has 0 atom stereocenters. The molecule has 0 aromatic heterocycles. The van der Waals surface area contributed by atoms with E-state index in [0.717, 1.165) is 136 Å². The molecular formula is C29H68B4N4O5. The van der Waals surface area contributed by atoms with Crippen molar-refractivity contribution in [2.45, 2.75) is 125 Å². The smallest absolute Gasteiger partial charge is 0.376 e. The van der Waals surface area contributed by atoms with Crippen molar-refractivity contribution in [1.82, 2.24) is 19.2 Å². The van der Waals surface area contributed by atoms with Gasteiger partial charge >= 0.3 is 28.2 Å². The minimum Gasteiger partial charge on any atom is -0.437 e. The van der Waals surface area contributed by atoms with Gasteiger partial charge in [0.05, 0.1) is 0 Å². The fourth-order valence-corrected chi connectivity index (χ4v) is 5.62. The summed E-state index contributed by atoms with van der Waals surface area (Å²) in [6, 6.07) is 0. The van der Waals surface area contributed by atoms with E-state index in [2.05, 4.69) is 33.1 Å². The molecule has 0 aromatic carbocycles. The van der Waals surface area contributed by atoms with Gasteiger partial charge in [0, 0.05) is 6.61 Å². The monoisotopic (exact) mass is 597 g/mol. The maximum atomic E-state index is 10.7. The second kappa shape index (κ2) is 27.2. The Morgan fingerprint density at radius 3 is 1.12 bits per heavy atom. The summed E-state index contributed by atoms with van der Waals surface area (Å²) in [6.45, 7) is 18.7. The van der Waals surface area contributed by atoms with Crippen LogP contribution in [0, 0.1) is 5.92 Å². The first-order valence-electron chi connectivity index (χ1n) is 17.4. The molecule has 0 aromatic rings. The van der Waals surface area contributed by atoms with Gasteiger partial charge in [-0.2, -0.15) is 0 Å². The van der Waals surface area contributed by atoms with Crippen molar-refractivity contribution in [2.24, 2.45) is 5.92 Å². The molecule has 13 heteroatoms. The van der Waals surface area contributed by atoms with Crippen LogP contribution in [-0.4, -0.2) is 132 Å². The molecule has 0 rings (SSSR count). The summed E-state index contributed by atoms with van der Waals surface area (Å²) in [5.74, 6) is 0.320. The third-order valence-corrected chi connectivity index (χ3v) is 8.50. The Kier molecular flexibility index (Phi) is 27.2. The molecule has 0 spiro atoms. The second-order valence-corrected chi connectivity index (χ2v) is 12.5. The van der Waals surface area contributed by atoms with Crippen LogP contribution in [0.4, 0.5) is 0 Å². The van der Waals surface area contributed by atoms with Gasteiger partial charge < -0.3 is 44.4 Å². The number of hydrogen-bond acceptors (Lipinski definition) is 9. The van der Waals surface area contributed by atoms with Gasteiger partial charge in [0.2, 0.25) is 0 Å². The largest absolute Gasteiger partial charge is 0.437 e. The SMILES string of the molecule is CCCCN(CCCCN(CC(CCCCCCO)CN(CCCCN(CCCC)B(C)O)B(C)O)B(C)O)B(C)O. The molecule has 5 N–H and O–H groups in total. The van der Waals surface area contributed by atoms with E-state index >= 15 is 0 Å². The minimum atomic E-state index is -0.538. The van der Waals surface area contributed by atoms with Crippen LogP contribution in [-0.2, 0) is 0 Å². The summed E-state index contributed by atoms with van der Waals surface area (Å²) in [5.41, 5.74) is 0. The summed E-state index contributed by atoms with van der Waals surface area (Å²) >= 11 is 0. The van der Waals surface area contributed by atoms with Crippen LogP contribution >= 0.6 is 0 Å². The maximum absolute atomic E-state index is 10.7. The van der Waals surface area contributed by atoms with Gasteiger partial charge in [-0.05, 0) is 137 Å². The molecule has 0 saturated carbocycles. The van der Waals surface area contributed by atoms with Crippen molar-refractivity contribution < 1.29 is 25.2 Å². The number of hydrogen-bond donors (Lipinski definition) is 5. The third-order valence-electron chi connectivity index (χ3n) is 8.50. The molecule has 0 unspecified atom stereocenters. The highest BCUT2D eigenvalue weighted by Crippen LogP contribution is 2.17. The van der Waals surface area contributed by atoms with E-state index in [4.69, 9.17) is 5.11 Å². The zero-order chi connectivity index (χ0) is 31.8. The van der Waals surface area contributed by atoms with Crippen LogP contribution in [0.2, 0.25) is 27.3 Å². The number of rotatable bonds is 30. The van der Waals surface area contributed by atoms with Crippen molar-refractivity contribution in [3.63, 3.8) is 0 Å². The Hall–Kier alpha value is -0.100. The minimum absolute atomic E-state index is 0.241. The van der Waals surface area contributed by atoms with E-state index in [1.165, 1.54) is 0 Å². The van der Waals surface area contributed by atoms with Crippen molar-refractivity contribution in [3.8, 4) is 0 Å². The Bertz CT molecular complexity index is 558. The maximum Gasteiger partial charge on any atom is 0.376 e. The predicted octanol–water partition coefficient (Wildman–Crippen LogP) is 3.36. The van der Waals surface area contributed by atoms with E-state index in [1.807, 2.05) is 27.3 Å². The first-order chi connectivity index (χ1) is 20.1. The lowest BCUT2D eigenvalue weighted by Gasteiger charge is -2.33. The van der Waals surface area contributed by atoms with Gasteiger partial charge in [0.1, 0.15) is 0 Å². The van der Waals surface area contributed by atoms with Crippen molar-refractivity contribution in [3.05, 3.63) is 0 Å². The van der Waals surface area contributed by atoms with Gasteiger partial charge in [0.15, 0.2) is 0 Å². The lowest BCUT2D eigenvalue weighted by Crippen LogP contribution is -2.47. The van der Waals surface area contributed by atoms with Gasteiger partial charge in [0.25, 0.3) is 0 Å². The van der Waals surface area contributed by atoms with E-state index in [1.54, 1.807) is 0 Å². The molecule has 0 fully saturated rings. The summed E-state index contributed by atoms with van der Waals surface area (Å²) in [4.78, 5) is 8.61. The predicted molar refractivity (Wildman–Crippen MR) is 184 cm³/mol. The van der Waals surface area contributed by atoms with E-state index in [9.17, 15) is 20.1 Å². The summed E-state index contributed by atoms with van der Waals surface area (Å²) in [7, 11) is -1.94. The Morgan fingerprint density at radius 1 is 0.452 bits per heavy atom. The number of aliphatic hydroxyl groups is 1. The highest BCUT2D eigenvalue weighted by Gasteiger charge is 2.25. The summed E-state index contributed by atoms with van der Waals surface area (Å²) in [5, 5.41) is 50.7. The van der Waals surface area contributed by atoms with Crippen LogP contribution in [0.1, 0.15) is 97.3 Å². The van der Waals surface area contributed by atoms with Gasteiger partial charge in [-0.1, -0.05) is 46.0 Å². The summed E-state index contributed by atoms with van der Waals surface area (Å²) < 4.78 is 0. The third kappa shape index (κ3) is 21.6. The Labute approximate surface area is 261 Å². The van der Waals surface area contributed by atoms with Crippen LogP contribution in [0.5, 0.6) is 0 Å². The highest BCUT2D eigenvalue weighted by atomic mass is 16.3. The summed E-state index contributed by atoms with van der Waals surface area (Å²) in [6.07, 6.45) is 13.3. The Balaban J connectivity index is 5.12. The molecule has 0 aliphatic rings. The molecule has 0 radical (unpaired) electrons. The molecule has 9 nitrogen and oxygen atoms in total. The van der Waals surface area contributed by atoms with E-state index < -0.39 is 28.2 Å². The molecule has 0 amide bonds. The molecular weight excluding hydrogens is 528 g/mol. The van der Waals surface area contributed by atoms with Crippen LogP contribution in [0.3, 0.4) is 0 Å². The van der Waals surface area contributed by atoms with Crippen molar-refractivity contribution in [1.29, 1.82) is 0 Å². The van der Waals surface area contributed by atoms with Crippen LogP contribution in [0.15, 0.2) is 0 Å². The first-order valence-corrected chi connectivity index (χ1v) is 17.4. The zero-order valence-corrected chi connectivity index (χ0v) is 28.5. The molecule has 0 heterocycles. The fourth-order valence-electron chi connectivity index (χ4n) is 5.62. The molecule has 0 saturated heterocycles. The van der Waals surface area contributed by atoms with Crippen molar-refractivity contribution in [2.75, 3.05) is 59.0 Å². The average molecular weight is 596 g/mol. The van der Waals surface area contributed by atoms with E-state index in [0.29, 0.717) is 5.92 Å². The first kappa shape index (κ1) is 41.9. The lowest BCUT2D eigenvalue weighted by atomic mass is 9.80. The van der Waals surface area contributed by atoms with E-state index in [-0.39, 0.29) is 6.61 Å². The van der Waals surface area contributed by atoms with Gasteiger partial charge in [-0.25, -0.2) is 0 Å². The van der Waals surface area contributed by atoms with Crippen LogP contribution in [0.25, 0.3) is 0 Å². The number of unbranched alkanes of at least 4 members (excludes halogenated alkanes) is 7.